The second kappa shape index (κ2) is 6.56. The standard InChI is InChI=1S/C26H41NO3/c1-15(2)27(16(3)4)23(29)18-14-25(6)20-10-12-24(5)11-7-8-19(24)17(20)9-13-26(25)22(30-26)21(18)28/h15-20,22H,7-14H2,1-6H3/t17-,18?,19-,20+,22?,24-,25+,26?/m0/s1. The average Bonchev–Trinajstić information content (AvgIpc) is 3.28. The summed E-state index contributed by atoms with van der Waals surface area (Å²) in [4.78, 5) is 28.9. The van der Waals surface area contributed by atoms with Gasteiger partial charge < -0.3 is 9.64 Å². The fourth-order valence-corrected chi connectivity index (χ4v) is 9.07. The van der Waals surface area contributed by atoms with Crippen LogP contribution >= 0.6 is 0 Å². The van der Waals surface area contributed by atoms with Crippen molar-refractivity contribution in [3.05, 3.63) is 0 Å². The molecule has 4 aliphatic carbocycles. The highest BCUT2D eigenvalue weighted by atomic mass is 16.6. The lowest BCUT2D eigenvalue weighted by atomic mass is 9.44. The van der Waals surface area contributed by atoms with Crippen LogP contribution in [0.25, 0.3) is 0 Å². The molecule has 1 saturated heterocycles. The van der Waals surface area contributed by atoms with E-state index in [0.29, 0.717) is 17.8 Å². The number of ketones is 1. The van der Waals surface area contributed by atoms with Crippen molar-refractivity contribution in [3.8, 4) is 0 Å². The van der Waals surface area contributed by atoms with Crippen LogP contribution in [-0.2, 0) is 14.3 Å². The van der Waals surface area contributed by atoms with Gasteiger partial charge in [-0.15, -0.1) is 0 Å². The normalized spacial score (nSPS) is 49.3. The smallest absolute Gasteiger partial charge is 0.233 e. The van der Waals surface area contributed by atoms with E-state index in [1.165, 1.54) is 38.5 Å². The first kappa shape index (κ1) is 21.0. The van der Waals surface area contributed by atoms with Gasteiger partial charge in [0.1, 0.15) is 17.6 Å². The largest absolute Gasteiger partial charge is 0.357 e. The van der Waals surface area contributed by atoms with E-state index < -0.39 is 5.92 Å². The van der Waals surface area contributed by atoms with Gasteiger partial charge in [0.2, 0.25) is 5.91 Å². The van der Waals surface area contributed by atoms with Crippen LogP contribution < -0.4 is 0 Å². The SMILES string of the molecule is CC(C)N(C(=O)C1C[C@]2(C)[C@@H]3CC[C@]4(C)CCC[C@H]4[C@@H]3CCC23OC3C1=O)C(C)C. The molecule has 1 amide bonds. The van der Waals surface area contributed by atoms with Gasteiger partial charge in [-0.3, -0.25) is 9.59 Å². The fraction of sp³-hybridized carbons (Fsp3) is 0.923. The van der Waals surface area contributed by atoms with E-state index in [9.17, 15) is 9.59 Å². The Morgan fingerprint density at radius 3 is 2.37 bits per heavy atom. The Kier molecular flexibility index (Phi) is 4.58. The molecule has 1 spiro atoms. The Morgan fingerprint density at radius 2 is 1.70 bits per heavy atom. The van der Waals surface area contributed by atoms with Crippen LogP contribution in [-0.4, -0.2) is 40.4 Å². The maximum atomic E-state index is 13.6. The summed E-state index contributed by atoms with van der Waals surface area (Å²) in [6, 6.07) is 0.218. The van der Waals surface area contributed by atoms with Crippen LogP contribution in [0.5, 0.6) is 0 Å². The van der Waals surface area contributed by atoms with Crippen LogP contribution in [0.4, 0.5) is 0 Å². The fourth-order valence-electron chi connectivity index (χ4n) is 9.07. The molecular formula is C26H41NO3. The second-order valence-electron chi connectivity index (χ2n) is 12.4. The van der Waals surface area contributed by atoms with E-state index in [2.05, 4.69) is 41.5 Å². The van der Waals surface area contributed by atoms with E-state index >= 15 is 0 Å². The molecule has 3 unspecified atom stereocenters. The van der Waals surface area contributed by atoms with Gasteiger partial charge >= 0.3 is 0 Å². The van der Waals surface area contributed by atoms with Gasteiger partial charge in [-0.1, -0.05) is 20.3 Å². The molecular weight excluding hydrogens is 374 g/mol. The third-order valence-electron chi connectivity index (χ3n) is 10.4. The molecule has 4 heteroatoms. The van der Waals surface area contributed by atoms with Gasteiger partial charge in [-0.05, 0) is 95.8 Å². The maximum Gasteiger partial charge on any atom is 0.233 e. The second-order valence-corrected chi connectivity index (χ2v) is 12.4. The highest BCUT2D eigenvalue weighted by Gasteiger charge is 2.78. The number of carbonyl (C=O) groups is 2. The summed E-state index contributed by atoms with van der Waals surface area (Å²) >= 11 is 0. The zero-order chi connectivity index (χ0) is 21.6. The number of fused-ring (bicyclic) bond motifs is 4. The monoisotopic (exact) mass is 415 g/mol. The summed E-state index contributed by atoms with van der Waals surface area (Å²) in [7, 11) is 0. The summed E-state index contributed by atoms with van der Waals surface area (Å²) in [5, 5.41) is 0. The third kappa shape index (κ3) is 2.55. The molecule has 0 radical (unpaired) electrons. The van der Waals surface area contributed by atoms with Crippen molar-refractivity contribution in [1.29, 1.82) is 0 Å². The first-order chi connectivity index (χ1) is 14.1. The van der Waals surface area contributed by atoms with E-state index in [1.54, 1.807) is 0 Å². The number of epoxide rings is 1. The summed E-state index contributed by atoms with van der Waals surface area (Å²) in [6.07, 6.45) is 9.30. The van der Waals surface area contributed by atoms with Crippen LogP contribution in [0.15, 0.2) is 0 Å². The number of hydrogen-bond donors (Lipinski definition) is 0. The average molecular weight is 416 g/mol. The lowest BCUT2D eigenvalue weighted by Gasteiger charge is -2.59. The minimum atomic E-state index is -0.518. The highest BCUT2D eigenvalue weighted by Crippen LogP contribution is 2.72. The van der Waals surface area contributed by atoms with Crippen molar-refractivity contribution in [2.45, 2.75) is 117 Å². The zero-order valence-electron chi connectivity index (χ0n) is 19.9. The Bertz CT molecular complexity index is 753. The lowest BCUT2D eigenvalue weighted by Crippen LogP contribution is -2.61. The Labute approximate surface area is 182 Å². The van der Waals surface area contributed by atoms with E-state index in [1.807, 2.05) is 4.90 Å². The van der Waals surface area contributed by atoms with Crippen molar-refractivity contribution < 1.29 is 14.3 Å². The maximum absolute atomic E-state index is 13.6. The van der Waals surface area contributed by atoms with Crippen LogP contribution in [0.2, 0.25) is 0 Å². The molecule has 8 atom stereocenters. The van der Waals surface area contributed by atoms with Crippen molar-refractivity contribution >= 4 is 11.7 Å². The summed E-state index contributed by atoms with van der Waals surface area (Å²) in [5.74, 6) is 1.78. The van der Waals surface area contributed by atoms with Crippen molar-refractivity contribution in [2.24, 2.45) is 34.5 Å². The first-order valence-electron chi connectivity index (χ1n) is 12.6. The predicted octanol–water partition coefficient (Wildman–Crippen LogP) is 4.99. The van der Waals surface area contributed by atoms with E-state index in [0.717, 1.165) is 18.3 Å². The van der Waals surface area contributed by atoms with Gasteiger partial charge in [-0.25, -0.2) is 0 Å². The molecule has 0 bridgehead atoms. The Hall–Kier alpha value is -0.900. The quantitative estimate of drug-likeness (QED) is 0.482. The number of carbonyl (C=O) groups excluding carboxylic acids is 2. The Morgan fingerprint density at radius 1 is 1.00 bits per heavy atom. The summed E-state index contributed by atoms with van der Waals surface area (Å²) < 4.78 is 6.33. The minimum absolute atomic E-state index is 0.0407. The van der Waals surface area contributed by atoms with Gasteiger partial charge in [0.15, 0.2) is 5.78 Å². The van der Waals surface area contributed by atoms with Crippen LogP contribution in [0.1, 0.15) is 92.9 Å². The van der Waals surface area contributed by atoms with Crippen molar-refractivity contribution in [2.75, 3.05) is 0 Å². The first-order valence-corrected chi connectivity index (χ1v) is 12.6. The number of amides is 1. The van der Waals surface area contributed by atoms with E-state index in [4.69, 9.17) is 4.74 Å². The molecule has 5 aliphatic rings. The summed E-state index contributed by atoms with van der Waals surface area (Å²) in [6.45, 7) is 13.2. The molecule has 0 N–H and O–H groups in total. The topological polar surface area (TPSA) is 49.9 Å². The number of Topliss-reactive ketones (excluding diaryl/α,β-unsaturated/α-hetero) is 1. The highest BCUT2D eigenvalue weighted by molar-refractivity contribution is 6.06. The molecule has 4 nitrogen and oxygen atoms in total. The molecule has 4 saturated carbocycles. The molecule has 1 heterocycles. The minimum Gasteiger partial charge on any atom is -0.357 e. The van der Waals surface area contributed by atoms with Crippen LogP contribution in [0.3, 0.4) is 0 Å². The predicted molar refractivity (Wildman–Crippen MR) is 117 cm³/mol. The molecule has 5 fully saturated rings. The number of nitrogens with zero attached hydrogens (tertiary/aromatic N) is 1. The van der Waals surface area contributed by atoms with Crippen LogP contribution in [0, 0.1) is 34.5 Å². The van der Waals surface area contributed by atoms with Gasteiger partial charge in [0.05, 0.1) is 0 Å². The van der Waals surface area contributed by atoms with Gasteiger partial charge in [0, 0.05) is 17.5 Å². The zero-order valence-corrected chi connectivity index (χ0v) is 19.9. The molecule has 1 aliphatic heterocycles. The van der Waals surface area contributed by atoms with Gasteiger partial charge in [0.25, 0.3) is 0 Å². The van der Waals surface area contributed by atoms with E-state index in [-0.39, 0.29) is 40.9 Å². The molecule has 30 heavy (non-hydrogen) atoms. The number of hydrogen-bond acceptors (Lipinski definition) is 3. The molecule has 5 rings (SSSR count). The number of rotatable bonds is 3. The molecule has 0 aromatic carbocycles. The molecule has 0 aromatic heterocycles. The lowest BCUT2D eigenvalue weighted by molar-refractivity contribution is -0.154. The van der Waals surface area contributed by atoms with Crippen molar-refractivity contribution in [1.82, 2.24) is 4.90 Å². The molecule has 168 valence electrons. The Balaban J connectivity index is 1.47. The number of ether oxygens (including phenoxy) is 1. The van der Waals surface area contributed by atoms with Gasteiger partial charge in [-0.2, -0.15) is 0 Å². The van der Waals surface area contributed by atoms with Crippen molar-refractivity contribution in [3.63, 3.8) is 0 Å². The summed E-state index contributed by atoms with van der Waals surface area (Å²) in [5.41, 5.74) is 0.213. The third-order valence-corrected chi connectivity index (χ3v) is 10.4. The molecule has 0 aromatic rings.